The summed E-state index contributed by atoms with van der Waals surface area (Å²) in [5.41, 5.74) is 5.01. The van der Waals surface area contributed by atoms with Gasteiger partial charge in [-0.05, 0) is 44.0 Å². The van der Waals surface area contributed by atoms with Crippen LogP contribution in [0.1, 0.15) is 23.7 Å². The molecular formula is C23H21N3OS. The Labute approximate surface area is 169 Å². The third-order valence-electron chi connectivity index (χ3n) is 4.35. The lowest BCUT2D eigenvalue weighted by atomic mass is 10.0. The van der Waals surface area contributed by atoms with Crippen LogP contribution >= 0.6 is 11.8 Å². The van der Waals surface area contributed by atoms with E-state index in [0.717, 1.165) is 28.1 Å². The van der Waals surface area contributed by atoms with E-state index in [9.17, 15) is 10.1 Å². The summed E-state index contributed by atoms with van der Waals surface area (Å²) in [5.74, 6) is -0.127. The Morgan fingerprint density at radius 1 is 1.11 bits per heavy atom. The van der Waals surface area contributed by atoms with Crippen LogP contribution in [0.3, 0.4) is 0 Å². The molecule has 0 saturated carbocycles. The van der Waals surface area contributed by atoms with Crippen molar-refractivity contribution in [2.24, 2.45) is 0 Å². The molecule has 140 valence electrons. The maximum absolute atomic E-state index is 12.8. The zero-order chi connectivity index (χ0) is 20.1. The van der Waals surface area contributed by atoms with Crippen molar-refractivity contribution in [2.75, 3.05) is 5.32 Å². The Balaban J connectivity index is 1.81. The molecule has 1 heterocycles. The summed E-state index contributed by atoms with van der Waals surface area (Å²) >= 11 is 1.31. The van der Waals surface area contributed by atoms with Crippen LogP contribution in [0, 0.1) is 25.2 Å². The van der Waals surface area contributed by atoms with Crippen LogP contribution in [0.2, 0.25) is 0 Å². The van der Waals surface area contributed by atoms with Crippen LogP contribution in [0.5, 0.6) is 0 Å². The van der Waals surface area contributed by atoms with E-state index >= 15 is 0 Å². The molecule has 0 fully saturated rings. The number of pyridine rings is 1. The lowest BCUT2D eigenvalue weighted by Gasteiger charge is -2.16. The number of para-hydroxylation sites is 1. The number of hydrogen-bond acceptors (Lipinski definition) is 4. The highest BCUT2D eigenvalue weighted by molar-refractivity contribution is 8.00. The third kappa shape index (κ3) is 4.41. The molecule has 1 N–H and O–H groups in total. The van der Waals surface area contributed by atoms with Gasteiger partial charge in [0.25, 0.3) is 0 Å². The number of hydrogen-bond donors (Lipinski definition) is 1. The van der Waals surface area contributed by atoms with Gasteiger partial charge in [-0.1, -0.05) is 60.3 Å². The normalized spacial score (nSPS) is 11.5. The Morgan fingerprint density at radius 2 is 1.79 bits per heavy atom. The number of nitrogens with one attached hydrogen (secondary N) is 1. The van der Waals surface area contributed by atoms with Gasteiger partial charge in [-0.2, -0.15) is 5.26 Å². The Morgan fingerprint density at radius 3 is 2.50 bits per heavy atom. The first-order chi connectivity index (χ1) is 13.5. The highest BCUT2D eigenvalue weighted by Gasteiger charge is 2.20. The maximum atomic E-state index is 12.8. The first-order valence-electron chi connectivity index (χ1n) is 9.00. The standard InChI is InChI=1S/C23H21N3OS/c1-15-13-16(2)25-23(20(15)14-24)28-17(3)22(27)26-21-12-8-7-11-19(21)18-9-5-4-6-10-18/h4-13,17H,1-3H3,(H,26,27). The Bertz CT molecular complexity index is 1040. The van der Waals surface area contributed by atoms with Gasteiger partial charge in [-0.3, -0.25) is 4.79 Å². The molecule has 5 heteroatoms. The summed E-state index contributed by atoms with van der Waals surface area (Å²) in [6, 6.07) is 21.8. The van der Waals surface area contributed by atoms with Gasteiger partial charge in [0, 0.05) is 16.9 Å². The lowest BCUT2D eigenvalue weighted by Crippen LogP contribution is -2.23. The number of amides is 1. The first-order valence-corrected chi connectivity index (χ1v) is 9.88. The number of nitrogens with zero attached hydrogens (tertiary/aromatic N) is 2. The molecule has 1 amide bonds. The smallest absolute Gasteiger partial charge is 0.237 e. The van der Waals surface area contributed by atoms with Crippen molar-refractivity contribution in [1.29, 1.82) is 5.26 Å². The zero-order valence-electron chi connectivity index (χ0n) is 16.1. The van der Waals surface area contributed by atoms with Gasteiger partial charge in [0.15, 0.2) is 0 Å². The molecule has 2 aromatic carbocycles. The SMILES string of the molecule is Cc1cc(C)c(C#N)c(SC(C)C(=O)Nc2ccccc2-c2ccccc2)n1. The molecule has 4 nitrogen and oxygen atoms in total. The van der Waals surface area contributed by atoms with E-state index < -0.39 is 5.25 Å². The van der Waals surface area contributed by atoms with Crippen molar-refractivity contribution in [3.63, 3.8) is 0 Å². The van der Waals surface area contributed by atoms with Crippen molar-refractivity contribution >= 4 is 23.4 Å². The van der Waals surface area contributed by atoms with Gasteiger partial charge in [-0.25, -0.2) is 4.98 Å². The minimum atomic E-state index is -0.398. The molecule has 0 aliphatic rings. The molecule has 1 unspecified atom stereocenters. The monoisotopic (exact) mass is 387 g/mol. The van der Waals surface area contributed by atoms with E-state index in [2.05, 4.69) is 16.4 Å². The van der Waals surface area contributed by atoms with Gasteiger partial charge >= 0.3 is 0 Å². The van der Waals surface area contributed by atoms with Gasteiger partial charge in [0.2, 0.25) is 5.91 Å². The summed E-state index contributed by atoms with van der Waals surface area (Å²) in [7, 11) is 0. The minimum absolute atomic E-state index is 0.127. The summed E-state index contributed by atoms with van der Waals surface area (Å²) in [4.78, 5) is 17.3. The molecule has 28 heavy (non-hydrogen) atoms. The van der Waals surface area contributed by atoms with Crippen molar-refractivity contribution in [1.82, 2.24) is 4.98 Å². The summed E-state index contributed by atoms with van der Waals surface area (Å²) in [6.07, 6.45) is 0. The Hall–Kier alpha value is -3.10. The predicted molar refractivity (Wildman–Crippen MR) is 114 cm³/mol. The average molecular weight is 388 g/mol. The van der Waals surface area contributed by atoms with E-state index in [-0.39, 0.29) is 5.91 Å². The molecule has 0 bridgehead atoms. The fraction of sp³-hybridized carbons (Fsp3) is 0.174. The molecule has 0 aliphatic heterocycles. The van der Waals surface area contributed by atoms with Crippen LogP contribution in [0.15, 0.2) is 65.7 Å². The summed E-state index contributed by atoms with van der Waals surface area (Å²) in [6.45, 7) is 5.60. The third-order valence-corrected chi connectivity index (χ3v) is 5.44. The predicted octanol–water partition coefficient (Wildman–Crippen LogP) is 5.36. The number of carbonyl (C=O) groups is 1. The number of aromatic nitrogens is 1. The van der Waals surface area contributed by atoms with Gasteiger partial charge < -0.3 is 5.32 Å². The quantitative estimate of drug-likeness (QED) is 0.599. The fourth-order valence-electron chi connectivity index (χ4n) is 2.94. The number of carbonyl (C=O) groups excluding carboxylic acids is 1. The zero-order valence-corrected chi connectivity index (χ0v) is 16.9. The second-order valence-corrected chi connectivity index (χ2v) is 7.86. The first kappa shape index (κ1) is 19.7. The molecule has 3 aromatic rings. The topological polar surface area (TPSA) is 65.8 Å². The van der Waals surface area contributed by atoms with Crippen molar-refractivity contribution < 1.29 is 4.79 Å². The number of rotatable bonds is 5. The van der Waals surface area contributed by atoms with Crippen molar-refractivity contribution in [3.05, 3.63) is 77.5 Å². The second-order valence-electron chi connectivity index (χ2n) is 6.53. The van der Waals surface area contributed by atoms with E-state index in [0.29, 0.717) is 10.6 Å². The number of anilines is 1. The number of benzene rings is 2. The van der Waals surface area contributed by atoms with Gasteiger partial charge in [-0.15, -0.1) is 0 Å². The van der Waals surface area contributed by atoms with E-state index in [1.807, 2.05) is 81.4 Å². The van der Waals surface area contributed by atoms with Crippen LogP contribution in [-0.2, 0) is 4.79 Å². The van der Waals surface area contributed by atoms with E-state index in [1.54, 1.807) is 0 Å². The van der Waals surface area contributed by atoms with Gasteiger partial charge in [0.1, 0.15) is 11.1 Å². The summed E-state index contributed by atoms with van der Waals surface area (Å²) in [5, 5.41) is 12.7. The number of aryl methyl sites for hydroxylation is 2. The van der Waals surface area contributed by atoms with Crippen LogP contribution in [0.25, 0.3) is 11.1 Å². The van der Waals surface area contributed by atoms with Crippen LogP contribution < -0.4 is 5.32 Å². The highest BCUT2D eigenvalue weighted by Crippen LogP contribution is 2.30. The van der Waals surface area contributed by atoms with E-state index in [1.165, 1.54) is 11.8 Å². The Kier molecular flexibility index (Phi) is 6.13. The number of thioether (sulfide) groups is 1. The van der Waals surface area contributed by atoms with Gasteiger partial charge in [0.05, 0.1) is 10.8 Å². The highest BCUT2D eigenvalue weighted by atomic mass is 32.2. The minimum Gasteiger partial charge on any atom is -0.325 e. The second kappa shape index (κ2) is 8.73. The fourth-order valence-corrected chi connectivity index (χ4v) is 3.96. The van der Waals surface area contributed by atoms with Crippen LogP contribution in [-0.4, -0.2) is 16.1 Å². The largest absolute Gasteiger partial charge is 0.325 e. The molecule has 0 saturated heterocycles. The molecular weight excluding hydrogens is 366 g/mol. The van der Waals surface area contributed by atoms with Crippen LogP contribution in [0.4, 0.5) is 5.69 Å². The van der Waals surface area contributed by atoms with E-state index in [4.69, 9.17) is 0 Å². The molecule has 0 radical (unpaired) electrons. The summed E-state index contributed by atoms with van der Waals surface area (Å²) < 4.78 is 0. The van der Waals surface area contributed by atoms with Crippen molar-refractivity contribution in [3.8, 4) is 17.2 Å². The number of nitriles is 1. The molecule has 0 spiro atoms. The maximum Gasteiger partial charge on any atom is 0.237 e. The van der Waals surface area contributed by atoms with Crippen molar-refractivity contribution in [2.45, 2.75) is 31.0 Å². The molecule has 0 aliphatic carbocycles. The molecule has 1 aromatic heterocycles. The average Bonchev–Trinajstić information content (AvgIpc) is 2.68. The molecule has 1 atom stereocenters. The molecule has 3 rings (SSSR count). The lowest BCUT2D eigenvalue weighted by molar-refractivity contribution is -0.115.